The summed E-state index contributed by atoms with van der Waals surface area (Å²) in [5, 5.41) is 8.91. The summed E-state index contributed by atoms with van der Waals surface area (Å²) in [6.07, 6.45) is 2.67. The van der Waals surface area contributed by atoms with E-state index >= 15 is 0 Å². The molecule has 1 rings (SSSR count). The minimum atomic E-state index is -2.36. The smallest absolute Gasteiger partial charge is 0.251 e. The van der Waals surface area contributed by atoms with Crippen molar-refractivity contribution in [2.75, 3.05) is 19.7 Å². The van der Waals surface area contributed by atoms with Crippen LogP contribution in [0.2, 0.25) is 0 Å². The molecule has 1 fully saturated rings. The third-order valence-corrected chi connectivity index (χ3v) is 3.26. The zero-order chi connectivity index (χ0) is 12.0. The van der Waals surface area contributed by atoms with Crippen molar-refractivity contribution in [3.05, 3.63) is 0 Å². The van der Waals surface area contributed by atoms with Crippen LogP contribution in [-0.4, -0.2) is 48.2 Å². The molecule has 16 heavy (non-hydrogen) atoms. The van der Waals surface area contributed by atoms with Crippen LogP contribution in [0, 0.1) is 0 Å². The second-order valence-corrected chi connectivity index (χ2v) is 4.48. The van der Waals surface area contributed by atoms with E-state index in [2.05, 4.69) is 0 Å². The van der Waals surface area contributed by atoms with Gasteiger partial charge in [-0.1, -0.05) is 19.3 Å². The molecule has 0 aromatic rings. The Labute approximate surface area is 95.6 Å². The van der Waals surface area contributed by atoms with Gasteiger partial charge in [0.2, 0.25) is 0 Å². The highest BCUT2D eigenvalue weighted by Gasteiger charge is 2.27. The lowest BCUT2D eigenvalue weighted by Gasteiger charge is -2.34. The Balaban J connectivity index is 2.58. The number of aliphatic hydroxyl groups is 1. The van der Waals surface area contributed by atoms with E-state index in [1.165, 1.54) is 0 Å². The van der Waals surface area contributed by atoms with E-state index in [9.17, 15) is 8.78 Å². The van der Waals surface area contributed by atoms with Crippen molar-refractivity contribution in [3.63, 3.8) is 0 Å². The van der Waals surface area contributed by atoms with Gasteiger partial charge in [0.25, 0.3) is 6.43 Å². The van der Waals surface area contributed by atoms with E-state index in [0.717, 1.165) is 32.1 Å². The van der Waals surface area contributed by atoms with Crippen LogP contribution in [0.15, 0.2) is 0 Å². The molecule has 0 aromatic heterocycles. The largest absolute Gasteiger partial charge is 0.395 e. The van der Waals surface area contributed by atoms with E-state index in [-0.39, 0.29) is 25.2 Å². The second-order valence-electron chi connectivity index (χ2n) is 4.48. The van der Waals surface area contributed by atoms with Crippen LogP contribution in [0.1, 0.15) is 32.1 Å². The van der Waals surface area contributed by atoms with Crippen molar-refractivity contribution in [3.8, 4) is 0 Å². The van der Waals surface area contributed by atoms with E-state index < -0.39 is 6.43 Å². The molecule has 3 N–H and O–H groups in total. The Morgan fingerprint density at radius 3 is 2.56 bits per heavy atom. The number of nitrogens with zero attached hydrogens (tertiary/aromatic N) is 1. The molecule has 3 nitrogen and oxygen atoms in total. The number of hydrogen-bond acceptors (Lipinski definition) is 3. The van der Waals surface area contributed by atoms with Crippen molar-refractivity contribution >= 4 is 0 Å². The fraction of sp³-hybridized carbons (Fsp3) is 1.00. The first-order valence-electron chi connectivity index (χ1n) is 6.03. The summed E-state index contributed by atoms with van der Waals surface area (Å²) in [6, 6.07) is -0.0311. The van der Waals surface area contributed by atoms with Crippen LogP contribution >= 0.6 is 0 Å². The number of alkyl halides is 2. The lowest BCUT2D eigenvalue weighted by Crippen LogP contribution is -2.49. The van der Waals surface area contributed by atoms with Gasteiger partial charge in [-0.2, -0.15) is 0 Å². The van der Waals surface area contributed by atoms with Crippen molar-refractivity contribution in [1.82, 2.24) is 4.90 Å². The second kappa shape index (κ2) is 7.14. The quantitative estimate of drug-likeness (QED) is 0.705. The molecular formula is C11H22F2N2O. The molecule has 1 aliphatic carbocycles. The van der Waals surface area contributed by atoms with Crippen LogP contribution in [0.4, 0.5) is 8.78 Å². The molecule has 5 heteroatoms. The molecule has 0 amide bonds. The van der Waals surface area contributed by atoms with Crippen LogP contribution < -0.4 is 5.73 Å². The summed E-state index contributed by atoms with van der Waals surface area (Å²) in [4.78, 5) is 1.65. The molecule has 2 atom stereocenters. The number of nitrogens with two attached hydrogens (primary N) is 1. The summed E-state index contributed by atoms with van der Waals surface area (Å²) in [5.74, 6) is 0. The first kappa shape index (κ1) is 13.8. The fourth-order valence-corrected chi connectivity index (χ4v) is 2.47. The highest BCUT2D eigenvalue weighted by atomic mass is 19.3. The maximum absolute atomic E-state index is 12.4. The molecule has 1 saturated carbocycles. The third-order valence-electron chi connectivity index (χ3n) is 3.26. The van der Waals surface area contributed by atoms with Crippen LogP contribution in [-0.2, 0) is 0 Å². The predicted molar refractivity (Wildman–Crippen MR) is 59.5 cm³/mol. The standard InChI is InChI=1S/C11H22F2N2O/c12-11(13)8-15(6-7-16)10-5-3-1-2-4-9(10)14/h9-11,16H,1-8,14H2. The van der Waals surface area contributed by atoms with Crippen molar-refractivity contribution in [2.45, 2.75) is 50.6 Å². The summed E-state index contributed by atoms with van der Waals surface area (Å²) in [6.45, 7) is -0.0719. The first-order chi connectivity index (χ1) is 7.65. The molecule has 0 heterocycles. The Hall–Kier alpha value is -0.260. The molecule has 0 spiro atoms. The monoisotopic (exact) mass is 236 g/mol. The van der Waals surface area contributed by atoms with E-state index in [1.54, 1.807) is 4.90 Å². The van der Waals surface area contributed by atoms with Crippen molar-refractivity contribution in [1.29, 1.82) is 0 Å². The fourth-order valence-electron chi connectivity index (χ4n) is 2.47. The van der Waals surface area contributed by atoms with Crippen LogP contribution in [0.25, 0.3) is 0 Å². The minimum absolute atomic E-state index is 0.00338. The molecule has 0 aromatic carbocycles. The van der Waals surface area contributed by atoms with Gasteiger partial charge in [0.1, 0.15) is 0 Å². The van der Waals surface area contributed by atoms with E-state index in [4.69, 9.17) is 10.8 Å². The zero-order valence-electron chi connectivity index (χ0n) is 9.62. The van der Waals surface area contributed by atoms with Gasteiger partial charge in [-0.25, -0.2) is 8.78 Å². The molecule has 0 aliphatic heterocycles. The number of aliphatic hydroxyl groups excluding tert-OH is 1. The number of halogens is 2. The summed E-state index contributed by atoms with van der Waals surface area (Å²) >= 11 is 0. The average Bonchev–Trinajstić information content (AvgIpc) is 2.41. The van der Waals surface area contributed by atoms with Crippen molar-refractivity contribution < 1.29 is 13.9 Å². The van der Waals surface area contributed by atoms with Gasteiger partial charge in [-0.3, -0.25) is 4.90 Å². The zero-order valence-corrected chi connectivity index (χ0v) is 9.62. The Morgan fingerprint density at radius 2 is 1.94 bits per heavy atom. The van der Waals surface area contributed by atoms with Crippen LogP contribution in [0.3, 0.4) is 0 Å². The highest BCUT2D eigenvalue weighted by molar-refractivity contribution is 4.84. The van der Waals surface area contributed by atoms with Gasteiger partial charge in [0, 0.05) is 18.6 Å². The molecule has 96 valence electrons. The van der Waals surface area contributed by atoms with Gasteiger partial charge < -0.3 is 10.8 Å². The molecule has 0 saturated heterocycles. The van der Waals surface area contributed by atoms with Gasteiger partial charge in [0.15, 0.2) is 0 Å². The highest BCUT2D eigenvalue weighted by Crippen LogP contribution is 2.21. The van der Waals surface area contributed by atoms with Crippen LogP contribution in [0.5, 0.6) is 0 Å². The van der Waals surface area contributed by atoms with Crippen molar-refractivity contribution in [2.24, 2.45) is 5.73 Å². The topological polar surface area (TPSA) is 49.5 Å². The predicted octanol–water partition coefficient (Wildman–Crippen LogP) is 1.21. The maximum atomic E-state index is 12.4. The molecule has 0 bridgehead atoms. The third kappa shape index (κ3) is 4.31. The molecule has 0 radical (unpaired) electrons. The van der Waals surface area contributed by atoms with Gasteiger partial charge in [-0.15, -0.1) is 0 Å². The maximum Gasteiger partial charge on any atom is 0.251 e. The minimum Gasteiger partial charge on any atom is -0.395 e. The lowest BCUT2D eigenvalue weighted by atomic mass is 10.0. The summed E-state index contributed by atoms with van der Waals surface area (Å²) in [5.41, 5.74) is 6.02. The normalized spacial score (nSPS) is 27.4. The van der Waals surface area contributed by atoms with E-state index in [0.29, 0.717) is 6.54 Å². The van der Waals surface area contributed by atoms with Gasteiger partial charge >= 0.3 is 0 Å². The number of hydrogen-bond donors (Lipinski definition) is 2. The number of rotatable bonds is 5. The Kier molecular flexibility index (Phi) is 6.16. The SMILES string of the molecule is NC1CCCCCC1N(CCO)CC(F)F. The van der Waals surface area contributed by atoms with Gasteiger partial charge in [-0.05, 0) is 12.8 Å². The van der Waals surface area contributed by atoms with E-state index in [1.807, 2.05) is 0 Å². The lowest BCUT2D eigenvalue weighted by molar-refractivity contribution is 0.0455. The molecule has 1 aliphatic rings. The first-order valence-corrected chi connectivity index (χ1v) is 6.03. The summed E-state index contributed by atoms with van der Waals surface area (Å²) in [7, 11) is 0. The average molecular weight is 236 g/mol. The Morgan fingerprint density at radius 1 is 1.25 bits per heavy atom. The Bertz CT molecular complexity index is 193. The summed E-state index contributed by atoms with van der Waals surface area (Å²) < 4.78 is 24.9. The molecule has 2 unspecified atom stereocenters. The molecular weight excluding hydrogens is 214 g/mol. The van der Waals surface area contributed by atoms with Gasteiger partial charge in [0.05, 0.1) is 13.2 Å².